The summed E-state index contributed by atoms with van der Waals surface area (Å²) < 4.78 is 9.80. The summed E-state index contributed by atoms with van der Waals surface area (Å²) in [5, 5.41) is 2.37. The molecule has 0 aliphatic heterocycles. The van der Waals surface area contributed by atoms with Gasteiger partial charge >= 0.3 is 11.6 Å². The van der Waals surface area contributed by atoms with E-state index in [1.807, 2.05) is 0 Å². The van der Waals surface area contributed by atoms with E-state index >= 15 is 0 Å². The maximum Gasteiger partial charge on any atom is 0.342 e. The van der Waals surface area contributed by atoms with Crippen molar-refractivity contribution in [3.63, 3.8) is 0 Å². The van der Waals surface area contributed by atoms with Crippen molar-refractivity contribution in [1.82, 2.24) is 5.32 Å². The van der Waals surface area contributed by atoms with Crippen LogP contribution in [0.25, 0.3) is 0 Å². The van der Waals surface area contributed by atoms with Crippen molar-refractivity contribution in [2.75, 3.05) is 7.05 Å². The highest BCUT2D eigenvalue weighted by Gasteiger charge is 2.21. The highest BCUT2D eigenvalue weighted by molar-refractivity contribution is 5.94. The topological polar surface area (TPSA) is 85.6 Å². The van der Waals surface area contributed by atoms with Crippen LogP contribution in [0, 0.1) is 13.8 Å². The van der Waals surface area contributed by atoms with Gasteiger partial charge < -0.3 is 14.5 Å². The van der Waals surface area contributed by atoms with E-state index in [2.05, 4.69) is 5.32 Å². The molecule has 0 fully saturated rings. The Balaban J connectivity index is 2.99. The van der Waals surface area contributed by atoms with Crippen LogP contribution in [0.3, 0.4) is 0 Å². The molecule has 0 aliphatic rings. The van der Waals surface area contributed by atoms with E-state index in [4.69, 9.17) is 9.15 Å². The molecule has 0 aliphatic carbocycles. The summed E-state index contributed by atoms with van der Waals surface area (Å²) >= 11 is 0. The second-order valence-electron chi connectivity index (χ2n) is 3.84. The first-order valence-electron chi connectivity index (χ1n) is 5.40. The zero-order valence-electron chi connectivity index (χ0n) is 10.7. The third kappa shape index (κ3) is 2.97. The van der Waals surface area contributed by atoms with E-state index in [9.17, 15) is 14.4 Å². The second-order valence-corrected chi connectivity index (χ2v) is 3.84. The molecule has 98 valence electrons. The van der Waals surface area contributed by atoms with Gasteiger partial charge in [0.05, 0.1) is 0 Å². The molecule has 0 saturated heterocycles. The van der Waals surface area contributed by atoms with Crippen LogP contribution in [0.1, 0.15) is 28.6 Å². The number of hydrogen-bond donors (Lipinski definition) is 1. The zero-order valence-corrected chi connectivity index (χ0v) is 10.7. The molecule has 1 atom stereocenters. The molecule has 1 rings (SSSR count). The standard InChI is InChI=1S/C12H15NO5/c1-6-5-9(14)17-7(2)10(6)12(16)18-8(3)11(15)13-4/h5,8H,1-4H3,(H,13,15)/t8-/m0/s1. The van der Waals surface area contributed by atoms with Crippen LogP contribution < -0.4 is 10.9 Å². The number of carbonyl (C=O) groups is 2. The van der Waals surface area contributed by atoms with Crippen molar-refractivity contribution in [1.29, 1.82) is 0 Å². The molecule has 0 aromatic carbocycles. The fourth-order valence-corrected chi connectivity index (χ4v) is 1.54. The van der Waals surface area contributed by atoms with Gasteiger partial charge in [-0.05, 0) is 26.3 Å². The molecule has 1 heterocycles. The molecule has 6 nitrogen and oxygen atoms in total. The monoisotopic (exact) mass is 253 g/mol. The number of likely N-dealkylation sites (N-methyl/N-ethyl adjacent to an activating group) is 1. The van der Waals surface area contributed by atoms with Gasteiger partial charge in [0, 0.05) is 13.1 Å². The van der Waals surface area contributed by atoms with Crippen molar-refractivity contribution in [3.8, 4) is 0 Å². The van der Waals surface area contributed by atoms with Crippen LogP contribution in [0.15, 0.2) is 15.3 Å². The van der Waals surface area contributed by atoms with Crippen molar-refractivity contribution in [2.45, 2.75) is 26.9 Å². The van der Waals surface area contributed by atoms with Crippen molar-refractivity contribution in [3.05, 3.63) is 33.4 Å². The maximum atomic E-state index is 11.9. The summed E-state index contributed by atoms with van der Waals surface area (Å²) in [7, 11) is 1.45. The Morgan fingerprint density at radius 2 is 2.00 bits per heavy atom. The first kappa shape index (κ1) is 14.0. The molecule has 0 unspecified atom stereocenters. The first-order chi connectivity index (χ1) is 8.36. The Kier molecular flexibility index (Phi) is 4.25. The van der Waals surface area contributed by atoms with Gasteiger partial charge in [0.2, 0.25) is 0 Å². The van der Waals surface area contributed by atoms with Crippen LogP contribution in [0.2, 0.25) is 0 Å². The molecule has 0 saturated carbocycles. The van der Waals surface area contributed by atoms with Crippen molar-refractivity contribution >= 4 is 11.9 Å². The van der Waals surface area contributed by atoms with E-state index in [-0.39, 0.29) is 11.3 Å². The number of aryl methyl sites for hydroxylation is 2. The maximum absolute atomic E-state index is 11.9. The van der Waals surface area contributed by atoms with Gasteiger partial charge in [-0.15, -0.1) is 0 Å². The molecule has 0 radical (unpaired) electrons. The smallest absolute Gasteiger partial charge is 0.342 e. The van der Waals surface area contributed by atoms with Crippen molar-refractivity contribution < 1.29 is 18.7 Å². The lowest BCUT2D eigenvalue weighted by molar-refractivity contribution is -0.128. The summed E-state index contributed by atoms with van der Waals surface area (Å²) in [4.78, 5) is 34.2. The average molecular weight is 253 g/mol. The second kappa shape index (κ2) is 5.48. The first-order valence-corrected chi connectivity index (χ1v) is 5.40. The van der Waals surface area contributed by atoms with E-state index in [1.165, 1.54) is 27.0 Å². The number of esters is 1. The lowest BCUT2D eigenvalue weighted by Gasteiger charge is -2.13. The quantitative estimate of drug-likeness (QED) is 0.795. The lowest BCUT2D eigenvalue weighted by Crippen LogP contribution is -2.33. The van der Waals surface area contributed by atoms with Gasteiger partial charge in [0.1, 0.15) is 11.3 Å². The Hall–Kier alpha value is -2.11. The minimum atomic E-state index is -0.909. The summed E-state index contributed by atoms with van der Waals surface area (Å²) in [6, 6.07) is 1.20. The van der Waals surface area contributed by atoms with Crippen LogP contribution in [0.4, 0.5) is 0 Å². The molecule has 0 spiro atoms. The van der Waals surface area contributed by atoms with Gasteiger partial charge in [0.25, 0.3) is 5.91 Å². The van der Waals surface area contributed by atoms with Crippen LogP contribution >= 0.6 is 0 Å². The van der Waals surface area contributed by atoms with Crippen LogP contribution in [-0.2, 0) is 9.53 Å². The summed E-state index contributed by atoms with van der Waals surface area (Å²) in [6.07, 6.45) is -0.909. The number of nitrogens with one attached hydrogen (secondary N) is 1. The van der Waals surface area contributed by atoms with Gasteiger partial charge in [-0.25, -0.2) is 9.59 Å². The fraction of sp³-hybridized carbons (Fsp3) is 0.417. The van der Waals surface area contributed by atoms with Crippen LogP contribution in [0.5, 0.6) is 0 Å². The van der Waals surface area contributed by atoms with Gasteiger partial charge in [0.15, 0.2) is 6.10 Å². The molecule has 6 heteroatoms. The minimum Gasteiger partial charge on any atom is -0.449 e. The SMILES string of the molecule is CNC(=O)[C@H](C)OC(=O)c1c(C)cc(=O)oc1C. The summed E-state index contributed by atoms with van der Waals surface area (Å²) in [5.74, 6) is -0.921. The number of carbonyl (C=O) groups excluding carboxylic acids is 2. The van der Waals surface area contributed by atoms with Gasteiger partial charge in [-0.3, -0.25) is 4.79 Å². The molecule has 1 amide bonds. The minimum absolute atomic E-state index is 0.172. The van der Waals surface area contributed by atoms with E-state index in [0.29, 0.717) is 5.56 Å². The Labute approximate surface area is 104 Å². The number of rotatable bonds is 3. The predicted molar refractivity (Wildman–Crippen MR) is 63.4 cm³/mol. The lowest BCUT2D eigenvalue weighted by atomic mass is 10.1. The normalized spacial score (nSPS) is 11.8. The predicted octanol–water partition coefficient (Wildman–Crippen LogP) is 0.548. The van der Waals surface area contributed by atoms with Crippen LogP contribution in [-0.4, -0.2) is 25.0 Å². The fourth-order valence-electron chi connectivity index (χ4n) is 1.54. The van der Waals surface area contributed by atoms with Crippen molar-refractivity contribution in [2.24, 2.45) is 0 Å². The Bertz CT molecular complexity index is 506. The molecular formula is C12H15NO5. The molecule has 18 heavy (non-hydrogen) atoms. The summed E-state index contributed by atoms with van der Waals surface area (Å²) in [5.41, 5.74) is 0.101. The molecule has 1 aromatic heterocycles. The average Bonchev–Trinajstić information content (AvgIpc) is 2.26. The Morgan fingerprint density at radius 3 is 2.50 bits per heavy atom. The third-order valence-corrected chi connectivity index (χ3v) is 2.44. The van der Waals surface area contributed by atoms with E-state index in [1.54, 1.807) is 6.92 Å². The third-order valence-electron chi connectivity index (χ3n) is 2.44. The largest absolute Gasteiger partial charge is 0.449 e. The summed E-state index contributed by atoms with van der Waals surface area (Å²) in [6.45, 7) is 4.56. The van der Waals surface area contributed by atoms with Gasteiger partial charge in [-0.1, -0.05) is 0 Å². The highest BCUT2D eigenvalue weighted by atomic mass is 16.5. The molecule has 1 aromatic rings. The zero-order chi connectivity index (χ0) is 13.9. The molecule has 0 bridgehead atoms. The van der Waals surface area contributed by atoms with Gasteiger partial charge in [-0.2, -0.15) is 0 Å². The van der Waals surface area contributed by atoms with E-state index in [0.717, 1.165) is 0 Å². The molecule has 1 N–H and O–H groups in total. The number of hydrogen-bond acceptors (Lipinski definition) is 5. The number of amides is 1. The molecular weight excluding hydrogens is 238 g/mol. The van der Waals surface area contributed by atoms with E-state index < -0.39 is 23.6 Å². The highest BCUT2D eigenvalue weighted by Crippen LogP contribution is 2.13. The number of ether oxygens (including phenoxy) is 1. The Morgan fingerprint density at radius 1 is 1.39 bits per heavy atom.